The molecule has 1 aromatic carbocycles. The zero-order chi connectivity index (χ0) is 18.7. The van der Waals surface area contributed by atoms with Crippen molar-refractivity contribution in [1.82, 2.24) is 4.90 Å². The van der Waals surface area contributed by atoms with E-state index in [1.807, 2.05) is 18.2 Å². The molecule has 0 aliphatic carbocycles. The number of piperidine rings is 1. The van der Waals surface area contributed by atoms with Crippen LogP contribution in [-0.4, -0.2) is 43.5 Å². The predicted molar refractivity (Wildman–Crippen MR) is 104 cm³/mol. The van der Waals surface area contributed by atoms with Crippen molar-refractivity contribution in [2.75, 3.05) is 13.1 Å². The number of hydrogen-bond acceptors (Lipinski definition) is 4. The first-order valence-electron chi connectivity index (χ1n) is 9.23. The van der Waals surface area contributed by atoms with Gasteiger partial charge < -0.3 is 9.53 Å². The molecule has 0 bridgehead atoms. The van der Waals surface area contributed by atoms with Crippen LogP contribution >= 0.6 is 0 Å². The smallest absolute Gasteiger partial charge is 0.195 e. The van der Waals surface area contributed by atoms with E-state index >= 15 is 0 Å². The first-order valence-corrected chi connectivity index (χ1v) is 12.1. The van der Waals surface area contributed by atoms with Gasteiger partial charge in [0.15, 0.2) is 8.32 Å². The van der Waals surface area contributed by atoms with Crippen LogP contribution in [0, 0.1) is 5.92 Å². The highest BCUT2D eigenvalue weighted by Gasteiger charge is 2.40. The van der Waals surface area contributed by atoms with Gasteiger partial charge in [0.1, 0.15) is 12.1 Å². The molecule has 0 spiro atoms. The minimum atomic E-state index is -2.03. The van der Waals surface area contributed by atoms with E-state index in [0.717, 1.165) is 13.1 Å². The van der Waals surface area contributed by atoms with E-state index in [4.69, 9.17) is 4.43 Å². The normalized spacial score (nSPS) is 21.4. The topological polar surface area (TPSA) is 49.8 Å². The van der Waals surface area contributed by atoms with Gasteiger partial charge in [-0.3, -0.25) is 9.69 Å². The van der Waals surface area contributed by atoms with Gasteiger partial charge in [-0.2, -0.15) is 0 Å². The fourth-order valence-electron chi connectivity index (χ4n) is 2.98. The molecule has 2 unspecified atom stereocenters. The van der Waals surface area contributed by atoms with Crippen LogP contribution in [0.5, 0.6) is 0 Å². The Labute approximate surface area is 153 Å². The van der Waals surface area contributed by atoms with Gasteiger partial charge in [-0.25, -0.2) is 0 Å². The van der Waals surface area contributed by atoms with Crippen LogP contribution in [0.25, 0.3) is 0 Å². The van der Waals surface area contributed by atoms with Gasteiger partial charge in [-0.05, 0) is 23.7 Å². The Hall–Kier alpha value is -1.01. The summed E-state index contributed by atoms with van der Waals surface area (Å²) in [6.07, 6.45) is 0.104. The molecule has 2 rings (SSSR count). The van der Waals surface area contributed by atoms with E-state index in [1.54, 1.807) is 0 Å². The molecule has 1 heterocycles. The zero-order valence-electron chi connectivity index (χ0n) is 16.3. The minimum absolute atomic E-state index is 0.0455. The average molecular weight is 364 g/mol. The Bertz CT molecular complexity index is 568. The van der Waals surface area contributed by atoms with Crippen LogP contribution in [0.3, 0.4) is 0 Å². The molecule has 1 N–H and O–H groups in total. The standard InChI is InChI=1S/C20H33NO3Si/c1-20(2,3)25(4,5)24-19(23)13-17-15-21(12-11-18(17)22)14-16-9-7-6-8-10-16/h6-10,17,19,23H,11-15H2,1-5H3. The fraction of sp³-hybridized carbons (Fsp3) is 0.650. The number of nitrogens with zero attached hydrogens (tertiary/aromatic N) is 1. The van der Waals surface area contributed by atoms with Gasteiger partial charge in [0, 0.05) is 38.4 Å². The van der Waals surface area contributed by atoms with E-state index in [0.29, 0.717) is 19.4 Å². The molecule has 1 aliphatic rings. The number of aliphatic hydroxyl groups is 1. The molecule has 0 radical (unpaired) electrons. The summed E-state index contributed by atoms with van der Waals surface area (Å²) in [5, 5.41) is 10.5. The lowest BCUT2D eigenvalue weighted by molar-refractivity contribution is -0.131. The summed E-state index contributed by atoms with van der Waals surface area (Å²) in [5.41, 5.74) is 1.26. The zero-order valence-corrected chi connectivity index (χ0v) is 17.3. The highest BCUT2D eigenvalue weighted by atomic mass is 28.4. The largest absolute Gasteiger partial charge is 0.392 e. The molecule has 0 saturated carbocycles. The number of aliphatic hydroxyl groups excluding tert-OH is 1. The van der Waals surface area contributed by atoms with Crippen LogP contribution in [0.2, 0.25) is 18.1 Å². The van der Waals surface area contributed by atoms with Crippen molar-refractivity contribution >= 4 is 14.1 Å². The Kier molecular flexibility index (Phi) is 6.60. The van der Waals surface area contributed by atoms with E-state index < -0.39 is 14.6 Å². The molecule has 1 aromatic rings. The highest BCUT2D eigenvalue weighted by Crippen LogP contribution is 2.37. The third-order valence-electron chi connectivity index (χ3n) is 5.58. The second-order valence-electron chi connectivity index (χ2n) is 8.70. The minimum Gasteiger partial charge on any atom is -0.392 e. The maximum Gasteiger partial charge on any atom is 0.195 e. The van der Waals surface area contributed by atoms with Crippen molar-refractivity contribution in [3.63, 3.8) is 0 Å². The second kappa shape index (κ2) is 8.12. The molecule has 25 heavy (non-hydrogen) atoms. The number of rotatable bonds is 6. The summed E-state index contributed by atoms with van der Waals surface area (Å²) < 4.78 is 6.03. The van der Waals surface area contributed by atoms with Crippen molar-refractivity contribution in [3.8, 4) is 0 Å². The quantitative estimate of drug-likeness (QED) is 0.617. The predicted octanol–water partition coefficient (Wildman–Crippen LogP) is 3.81. The summed E-state index contributed by atoms with van der Waals surface area (Å²) in [6.45, 7) is 13.1. The van der Waals surface area contributed by atoms with Crippen LogP contribution in [0.4, 0.5) is 0 Å². The van der Waals surface area contributed by atoms with E-state index in [9.17, 15) is 9.90 Å². The lowest BCUT2D eigenvalue weighted by Crippen LogP contribution is -2.46. The summed E-state index contributed by atoms with van der Waals surface area (Å²) in [6, 6.07) is 10.3. The first kappa shape index (κ1) is 20.3. The van der Waals surface area contributed by atoms with Gasteiger partial charge in [-0.1, -0.05) is 51.1 Å². The molecule has 0 amide bonds. The van der Waals surface area contributed by atoms with E-state index in [-0.39, 0.29) is 16.7 Å². The van der Waals surface area contributed by atoms with Crippen molar-refractivity contribution in [2.45, 2.75) is 64.6 Å². The second-order valence-corrected chi connectivity index (χ2v) is 13.5. The van der Waals surface area contributed by atoms with Gasteiger partial charge in [-0.15, -0.1) is 0 Å². The SMILES string of the molecule is CC(C)(C)[Si](C)(C)OC(O)CC1CN(Cc2ccccc2)CCC1=O. The van der Waals surface area contributed by atoms with Gasteiger partial charge in [0.05, 0.1) is 0 Å². The fourth-order valence-corrected chi connectivity index (χ4v) is 4.11. The maximum absolute atomic E-state index is 12.3. The van der Waals surface area contributed by atoms with Crippen molar-refractivity contribution in [1.29, 1.82) is 0 Å². The lowest BCUT2D eigenvalue weighted by Gasteiger charge is -2.39. The monoisotopic (exact) mass is 363 g/mol. The molecular weight excluding hydrogens is 330 g/mol. The molecule has 2 atom stereocenters. The highest BCUT2D eigenvalue weighted by molar-refractivity contribution is 6.74. The Morgan fingerprint density at radius 3 is 2.52 bits per heavy atom. The molecule has 0 aromatic heterocycles. The number of carbonyl (C=O) groups excluding carboxylic acids is 1. The Morgan fingerprint density at radius 1 is 1.28 bits per heavy atom. The molecule has 4 nitrogen and oxygen atoms in total. The van der Waals surface area contributed by atoms with Gasteiger partial charge in [0.25, 0.3) is 0 Å². The molecule has 1 aliphatic heterocycles. The van der Waals surface area contributed by atoms with Crippen LogP contribution in [0.15, 0.2) is 30.3 Å². The molecule has 140 valence electrons. The third kappa shape index (κ3) is 5.74. The number of Topliss-reactive ketones (excluding diaryl/α,β-unsaturated/α-hetero) is 1. The van der Waals surface area contributed by atoms with E-state index in [2.05, 4.69) is 50.9 Å². The summed E-state index contributed by atoms with van der Waals surface area (Å²) in [4.78, 5) is 14.6. The number of carbonyl (C=O) groups is 1. The van der Waals surface area contributed by atoms with Crippen molar-refractivity contribution in [2.24, 2.45) is 5.92 Å². The number of hydrogen-bond donors (Lipinski definition) is 1. The van der Waals surface area contributed by atoms with Gasteiger partial charge >= 0.3 is 0 Å². The molecule has 1 saturated heterocycles. The number of ketones is 1. The van der Waals surface area contributed by atoms with Crippen LogP contribution in [0.1, 0.15) is 39.2 Å². The summed E-state index contributed by atoms with van der Waals surface area (Å²) >= 11 is 0. The van der Waals surface area contributed by atoms with Crippen molar-refractivity contribution in [3.05, 3.63) is 35.9 Å². The summed E-state index contributed by atoms with van der Waals surface area (Å²) in [5.74, 6) is 0.111. The summed E-state index contributed by atoms with van der Waals surface area (Å²) in [7, 11) is -2.03. The Morgan fingerprint density at radius 2 is 1.92 bits per heavy atom. The number of benzene rings is 1. The molecule has 5 heteroatoms. The number of likely N-dealkylation sites (tertiary alicyclic amines) is 1. The van der Waals surface area contributed by atoms with Crippen LogP contribution in [-0.2, 0) is 15.8 Å². The average Bonchev–Trinajstić information content (AvgIpc) is 2.50. The van der Waals surface area contributed by atoms with Crippen LogP contribution < -0.4 is 0 Å². The van der Waals surface area contributed by atoms with Crippen molar-refractivity contribution < 1.29 is 14.3 Å². The molecule has 1 fully saturated rings. The van der Waals surface area contributed by atoms with E-state index in [1.165, 1.54) is 5.56 Å². The lowest BCUT2D eigenvalue weighted by atomic mass is 9.93. The van der Waals surface area contributed by atoms with Gasteiger partial charge in [0.2, 0.25) is 0 Å². The Balaban J connectivity index is 1.92. The first-order chi connectivity index (χ1) is 11.6. The maximum atomic E-state index is 12.3. The third-order valence-corrected chi connectivity index (χ3v) is 10.1. The molecular formula is C20H33NO3Si.